The van der Waals surface area contributed by atoms with Crippen LogP contribution >= 0.6 is 51.1 Å². The average molecular weight is 514 g/mol. The Bertz CT molecular complexity index is 1520. The Kier molecular flexibility index (Phi) is 5.11. The Labute approximate surface area is 194 Å². The zero-order chi connectivity index (χ0) is 20.8. The molecule has 0 saturated carbocycles. The predicted molar refractivity (Wildman–Crippen MR) is 132 cm³/mol. The van der Waals surface area contributed by atoms with E-state index in [1.165, 1.54) is 11.3 Å². The molecule has 0 aliphatic carbocycles. The van der Waals surface area contributed by atoms with Crippen molar-refractivity contribution in [2.45, 2.75) is 6.54 Å². The van der Waals surface area contributed by atoms with Gasteiger partial charge in [-0.25, -0.2) is 0 Å². The van der Waals surface area contributed by atoms with E-state index < -0.39 is 0 Å². The first kappa shape index (κ1) is 19.7. The van der Waals surface area contributed by atoms with Gasteiger partial charge in [0.2, 0.25) is 0 Å². The van der Waals surface area contributed by atoms with E-state index in [-0.39, 0.29) is 5.56 Å². The first-order valence-corrected chi connectivity index (χ1v) is 11.6. The van der Waals surface area contributed by atoms with Crippen molar-refractivity contribution in [3.8, 4) is 10.4 Å². The monoisotopic (exact) mass is 512 g/mol. The van der Waals surface area contributed by atoms with Gasteiger partial charge in [-0.3, -0.25) is 13.8 Å². The van der Waals surface area contributed by atoms with E-state index in [9.17, 15) is 4.79 Å². The van der Waals surface area contributed by atoms with Gasteiger partial charge in [0.25, 0.3) is 5.56 Å². The highest BCUT2D eigenvalue weighted by molar-refractivity contribution is 9.10. The van der Waals surface area contributed by atoms with Gasteiger partial charge in [-0.2, -0.15) is 0 Å². The van der Waals surface area contributed by atoms with Crippen LogP contribution in [0.2, 0.25) is 5.02 Å². The third-order valence-corrected chi connectivity index (χ3v) is 7.22. The van der Waals surface area contributed by atoms with Crippen molar-refractivity contribution >= 4 is 67.6 Å². The highest BCUT2D eigenvalue weighted by Crippen LogP contribution is 2.34. The van der Waals surface area contributed by atoms with Gasteiger partial charge >= 0.3 is 0 Å². The fourth-order valence-electron chi connectivity index (χ4n) is 3.62. The molecule has 5 aromatic rings. The fourth-order valence-corrected chi connectivity index (χ4v) is 5.44. The second-order valence-corrected chi connectivity index (χ2v) is 9.89. The van der Waals surface area contributed by atoms with E-state index in [0.29, 0.717) is 20.9 Å². The third-order valence-electron chi connectivity index (χ3n) is 5.02. The number of hydrogen-bond acceptors (Lipinski definition) is 3. The summed E-state index contributed by atoms with van der Waals surface area (Å²) in [7, 11) is 0. The lowest BCUT2D eigenvalue weighted by Gasteiger charge is -2.13. The number of aromatic nitrogens is 2. The number of halogens is 2. The number of hydrogen-bond donors (Lipinski definition) is 0. The van der Waals surface area contributed by atoms with Gasteiger partial charge in [-0.05, 0) is 59.7 Å². The van der Waals surface area contributed by atoms with E-state index in [0.717, 1.165) is 31.6 Å². The second kappa shape index (κ2) is 7.78. The van der Waals surface area contributed by atoms with Crippen molar-refractivity contribution < 1.29 is 0 Å². The van der Waals surface area contributed by atoms with Gasteiger partial charge in [0.15, 0.2) is 3.95 Å². The number of benzene rings is 3. The molecule has 0 amide bonds. The standard InChI is InChI=1S/C23H14BrClN2OS2/c24-16-9-7-15(8-10-16)20-21-26(13-14-5-11-17(25)12-6-14)22(28)18-3-1-2-4-19(18)27(21)23(29)30-20/h1-12H,13H2. The Morgan fingerprint density at radius 1 is 0.967 bits per heavy atom. The number of rotatable bonds is 3. The lowest BCUT2D eigenvalue weighted by molar-refractivity contribution is 0.781. The second-order valence-electron chi connectivity index (χ2n) is 6.90. The SMILES string of the molecule is O=c1c2ccccc2n2c(=S)sc(-c3ccc(Br)cc3)c2n1Cc1ccc(Cl)cc1. The molecule has 7 heteroatoms. The third kappa shape index (κ3) is 3.34. The van der Waals surface area contributed by atoms with Crippen molar-refractivity contribution in [3.05, 3.63) is 102 Å². The van der Waals surface area contributed by atoms with Crippen molar-refractivity contribution in [2.24, 2.45) is 0 Å². The fraction of sp³-hybridized carbons (Fsp3) is 0.0435. The van der Waals surface area contributed by atoms with Gasteiger partial charge < -0.3 is 0 Å². The van der Waals surface area contributed by atoms with Gasteiger partial charge in [0.1, 0.15) is 5.65 Å². The summed E-state index contributed by atoms with van der Waals surface area (Å²) in [5, 5.41) is 1.32. The van der Waals surface area contributed by atoms with E-state index in [1.54, 1.807) is 0 Å². The number of nitrogens with zero attached hydrogens (tertiary/aromatic N) is 2. The quantitative estimate of drug-likeness (QED) is 0.239. The van der Waals surface area contributed by atoms with Crippen LogP contribution < -0.4 is 5.56 Å². The van der Waals surface area contributed by atoms with Crippen LogP contribution in [0.1, 0.15) is 5.56 Å². The van der Waals surface area contributed by atoms with Crippen LogP contribution in [-0.2, 0) is 6.54 Å². The molecule has 0 unspecified atom stereocenters. The molecular weight excluding hydrogens is 500 g/mol. The highest BCUT2D eigenvalue weighted by Gasteiger charge is 2.18. The number of para-hydroxylation sites is 1. The Balaban J connectivity index is 1.89. The van der Waals surface area contributed by atoms with E-state index in [2.05, 4.69) is 15.9 Å². The predicted octanol–water partition coefficient (Wildman–Crippen LogP) is 7.18. The molecule has 5 rings (SSSR count). The van der Waals surface area contributed by atoms with E-state index in [4.69, 9.17) is 23.8 Å². The molecule has 0 aliphatic heterocycles. The molecule has 0 aliphatic rings. The molecule has 0 bridgehead atoms. The number of thiazole rings is 1. The van der Waals surface area contributed by atoms with Crippen LogP contribution in [0.15, 0.2) is 82.1 Å². The van der Waals surface area contributed by atoms with Crippen molar-refractivity contribution in [2.75, 3.05) is 0 Å². The maximum atomic E-state index is 13.5. The normalized spacial score (nSPS) is 11.4. The molecular formula is C23H14BrClN2OS2. The van der Waals surface area contributed by atoms with Crippen LogP contribution in [0.25, 0.3) is 27.0 Å². The zero-order valence-electron chi connectivity index (χ0n) is 15.5. The Hall–Kier alpha value is -2.25. The van der Waals surface area contributed by atoms with Gasteiger partial charge in [-0.1, -0.05) is 63.9 Å². The lowest BCUT2D eigenvalue weighted by Crippen LogP contribution is -2.23. The molecule has 2 heterocycles. The molecule has 0 saturated heterocycles. The summed E-state index contributed by atoms with van der Waals surface area (Å²) < 4.78 is 5.55. The highest BCUT2D eigenvalue weighted by atomic mass is 79.9. The minimum Gasteiger partial charge on any atom is -0.288 e. The zero-order valence-corrected chi connectivity index (χ0v) is 19.5. The summed E-state index contributed by atoms with van der Waals surface area (Å²) >= 11 is 16.8. The first-order chi connectivity index (χ1) is 14.5. The summed E-state index contributed by atoms with van der Waals surface area (Å²) in [6, 6.07) is 23.3. The first-order valence-electron chi connectivity index (χ1n) is 9.20. The van der Waals surface area contributed by atoms with Gasteiger partial charge in [0, 0.05) is 9.50 Å². The molecule has 0 atom stereocenters. The summed E-state index contributed by atoms with van der Waals surface area (Å²) in [5.74, 6) is 0. The summed E-state index contributed by atoms with van der Waals surface area (Å²) in [4.78, 5) is 14.5. The Morgan fingerprint density at radius 2 is 1.67 bits per heavy atom. The molecule has 0 fully saturated rings. The van der Waals surface area contributed by atoms with Gasteiger partial charge in [-0.15, -0.1) is 11.3 Å². The van der Waals surface area contributed by atoms with Crippen molar-refractivity contribution in [3.63, 3.8) is 0 Å². The van der Waals surface area contributed by atoms with Crippen LogP contribution in [0.4, 0.5) is 0 Å². The molecule has 30 heavy (non-hydrogen) atoms. The summed E-state index contributed by atoms with van der Waals surface area (Å²) in [6.07, 6.45) is 0. The molecule has 0 spiro atoms. The van der Waals surface area contributed by atoms with Crippen LogP contribution in [0, 0.1) is 3.95 Å². The number of fused-ring (bicyclic) bond motifs is 3. The molecule has 3 nitrogen and oxygen atoms in total. The molecule has 0 N–H and O–H groups in total. The van der Waals surface area contributed by atoms with E-state index >= 15 is 0 Å². The van der Waals surface area contributed by atoms with Gasteiger partial charge in [0.05, 0.1) is 22.3 Å². The minimum absolute atomic E-state index is 0.0355. The smallest absolute Gasteiger partial charge is 0.261 e. The van der Waals surface area contributed by atoms with E-state index in [1.807, 2.05) is 81.8 Å². The Morgan fingerprint density at radius 3 is 2.40 bits per heavy atom. The van der Waals surface area contributed by atoms with Crippen molar-refractivity contribution in [1.29, 1.82) is 0 Å². The largest absolute Gasteiger partial charge is 0.288 e. The average Bonchev–Trinajstić information content (AvgIpc) is 3.10. The maximum Gasteiger partial charge on any atom is 0.261 e. The van der Waals surface area contributed by atoms with Crippen molar-refractivity contribution in [1.82, 2.24) is 8.97 Å². The topological polar surface area (TPSA) is 26.4 Å². The molecule has 3 aromatic carbocycles. The lowest BCUT2D eigenvalue weighted by atomic mass is 10.1. The van der Waals surface area contributed by atoms with Crippen LogP contribution in [0.3, 0.4) is 0 Å². The maximum absolute atomic E-state index is 13.5. The van der Waals surface area contributed by atoms with Crippen LogP contribution in [0.5, 0.6) is 0 Å². The molecule has 2 aromatic heterocycles. The van der Waals surface area contributed by atoms with Crippen LogP contribution in [-0.4, -0.2) is 8.97 Å². The minimum atomic E-state index is -0.0355. The summed E-state index contributed by atoms with van der Waals surface area (Å²) in [6.45, 7) is 0.430. The summed E-state index contributed by atoms with van der Waals surface area (Å²) in [5.41, 5.74) is 3.63. The molecule has 148 valence electrons. The molecule has 0 radical (unpaired) electrons.